The summed E-state index contributed by atoms with van der Waals surface area (Å²) >= 11 is 0. The van der Waals surface area contributed by atoms with Crippen LogP contribution in [0.2, 0.25) is 0 Å². The first-order chi connectivity index (χ1) is 13.8. The Hall–Kier alpha value is -0.240. The van der Waals surface area contributed by atoms with E-state index in [1.807, 2.05) is 0 Å². The molecule has 5 nitrogen and oxygen atoms in total. The van der Waals surface area contributed by atoms with Crippen LogP contribution in [0.25, 0.3) is 0 Å². The average molecular weight is 463 g/mol. The highest BCUT2D eigenvalue weighted by atomic mass is 32.0. The molecule has 0 saturated carbocycles. The van der Waals surface area contributed by atoms with Crippen molar-refractivity contribution in [3.8, 4) is 0 Å². The lowest BCUT2D eigenvalue weighted by Gasteiger charge is -2.53. The Balaban J connectivity index is 5.41. The van der Waals surface area contributed by atoms with Crippen LogP contribution in [-0.4, -0.2) is 25.0 Å². The molecule has 1 amide bonds. The van der Waals surface area contributed by atoms with Crippen LogP contribution in [0.15, 0.2) is 0 Å². The van der Waals surface area contributed by atoms with E-state index in [1.165, 1.54) is 0 Å². The van der Waals surface area contributed by atoms with Gasteiger partial charge in [0, 0.05) is 19.4 Å². The van der Waals surface area contributed by atoms with Crippen molar-refractivity contribution in [2.24, 2.45) is 40.2 Å². The Morgan fingerprint density at radius 2 is 1.43 bits per heavy atom. The molecule has 4 atom stereocenters. The minimum atomic E-state index is -0.152. The molecule has 7 heteroatoms. The number of nitrogens with one attached hydrogen (secondary N) is 1. The molecule has 0 rings (SSSR count). The number of unbranched alkanes of at least 4 members (excludes halogenated alkanes) is 2. The van der Waals surface area contributed by atoms with E-state index in [9.17, 15) is 9.59 Å². The maximum atomic E-state index is 12.7. The van der Waals surface area contributed by atoms with E-state index in [0.29, 0.717) is 37.8 Å². The van der Waals surface area contributed by atoms with Gasteiger partial charge in [-0.05, 0) is 53.9 Å². The summed E-state index contributed by atoms with van der Waals surface area (Å²) in [6.07, 6.45) is 3.94. The number of rotatable bonds is 15. The molecule has 0 radical (unpaired) electrons. The summed E-state index contributed by atoms with van der Waals surface area (Å²) in [5.74, 6) is 1.05. The van der Waals surface area contributed by atoms with Gasteiger partial charge in [0.1, 0.15) is 0 Å². The van der Waals surface area contributed by atoms with Gasteiger partial charge < -0.3 is 15.6 Å². The van der Waals surface area contributed by atoms with Crippen LogP contribution in [0.4, 0.5) is 0 Å². The fourth-order valence-electron chi connectivity index (χ4n) is 4.84. The monoisotopic (exact) mass is 462 g/mol. The number of hydrogen-bond acceptors (Lipinski definition) is 4. The summed E-state index contributed by atoms with van der Waals surface area (Å²) in [5, 5.41) is 3.10. The van der Waals surface area contributed by atoms with Crippen LogP contribution in [0, 0.1) is 34.5 Å². The molecular formula is C23H48N2O3P2. The molecule has 4 unspecified atom stereocenters. The SMILES string of the molecule is CC(C)C(CC(=O)NCCCCCN)C(C)(C)C(C)(C)C(CC(=O)OPP)C(C)C. The molecule has 0 spiro atoms. The molecule has 0 saturated heterocycles. The molecule has 3 N–H and O–H groups in total. The lowest BCUT2D eigenvalue weighted by atomic mass is 9.51. The Labute approximate surface area is 189 Å². The molecule has 0 heterocycles. The van der Waals surface area contributed by atoms with Gasteiger partial charge in [-0.1, -0.05) is 70.7 Å². The second-order valence-corrected chi connectivity index (χ2v) is 11.5. The van der Waals surface area contributed by atoms with Crippen LogP contribution < -0.4 is 11.1 Å². The highest BCUT2D eigenvalue weighted by Gasteiger charge is 2.49. The van der Waals surface area contributed by atoms with Crippen molar-refractivity contribution in [3.05, 3.63) is 0 Å². The van der Waals surface area contributed by atoms with Gasteiger partial charge >= 0.3 is 5.97 Å². The first-order valence-electron chi connectivity index (χ1n) is 11.4. The lowest BCUT2D eigenvalue weighted by molar-refractivity contribution is -0.139. The highest BCUT2D eigenvalue weighted by Crippen LogP contribution is 2.55. The molecule has 178 valence electrons. The van der Waals surface area contributed by atoms with Gasteiger partial charge in [-0.25, -0.2) is 0 Å². The summed E-state index contributed by atoms with van der Waals surface area (Å²) < 4.78 is 5.25. The van der Waals surface area contributed by atoms with Gasteiger partial charge in [0.2, 0.25) is 5.91 Å². The van der Waals surface area contributed by atoms with Crippen LogP contribution in [0.3, 0.4) is 0 Å². The Kier molecular flexibility index (Phi) is 13.9. The van der Waals surface area contributed by atoms with E-state index in [0.717, 1.165) is 19.3 Å². The van der Waals surface area contributed by atoms with Crippen molar-refractivity contribution in [2.75, 3.05) is 13.1 Å². The number of amides is 1. The van der Waals surface area contributed by atoms with Crippen LogP contribution in [0.5, 0.6) is 0 Å². The zero-order valence-electron chi connectivity index (χ0n) is 20.6. The van der Waals surface area contributed by atoms with Gasteiger partial charge in [0.25, 0.3) is 0 Å². The number of carbonyl (C=O) groups excluding carboxylic acids is 2. The number of carbonyl (C=O) groups is 2. The largest absolute Gasteiger partial charge is 0.444 e. The minimum Gasteiger partial charge on any atom is -0.444 e. The fourth-order valence-corrected chi connectivity index (χ4v) is 5.45. The fraction of sp³-hybridized carbons (Fsp3) is 0.913. The molecule has 0 aliphatic carbocycles. The predicted molar refractivity (Wildman–Crippen MR) is 133 cm³/mol. The zero-order chi connectivity index (χ0) is 23.5. The molecule has 0 fully saturated rings. The van der Waals surface area contributed by atoms with Gasteiger partial charge in [0.05, 0.1) is 8.50 Å². The smallest absolute Gasteiger partial charge is 0.308 e. The maximum Gasteiger partial charge on any atom is 0.308 e. The van der Waals surface area contributed by atoms with Crippen molar-refractivity contribution in [1.29, 1.82) is 0 Å². The quantitative estimate of drug-likeness (QED) is 0.247. The van der Waals surface area contributed by atoms with E-state index in [4.69, 9.17) is 10.3 Å². The Morgan fingerprint density at radius 1 is 0.933 bits per heavy atom. The number of nitrogens with two attached hydrogens (primary N) is 1. The van der Waals surface area contributed by atoms with Crippen molar-refractivity contribution in [2.45, 2.75) is 87.5 Å². The molecule has 0 bridgehead atoms. The van der Waals surface area contributed by atoms with Crippen molar-refractivity contribution < 1.29 is 14.1 Å². The van der Waals surface area contributed by atoms with Crippen LogP contribution in [-0.2, 0) is 14.1 Å². The Morgan fingerprint density at radius 3 is 1.87 bits per heavy atom. The Bertz CT molecular complexity index is 523. The molecule has 0 aliphatic rings. The maximum absolute atomic E-state index is 12.7. The third-order valence-electron chi connectivity index (χ3n) is 7.29. The normalized spacial score (nSPS) is 15.1. The molecule has 0 aromatic carbocycles. The van der Waals surface area contributed by atoms with Gasteiger partial charge in [-0.15, -0.1) is 0 Å². The topological polar surface area (TPSA) is 81.4 Å². The summed E-state index contributed by atoms with van der Waals surface area (Å²) in [7, 11) is 2.56. The molecule has 0 aromatic heterocycles. The van der Waals surface area contributed by atoms with E-state index in [2.05, 4.69) is 69.6 Å². The number of hydrogen-bond donors (Lipinski definition) is 2. The standard InChI is InChI=1S/C23H48N2O3P2/c1-16(2)18(14-20(26)25-13-11-9-10-12-24)22(5,6)23(7,8)19(17(3)4)15-21(27)28-30-29/h16-19,30H,9-15,24,29H2,1-8H3,(H,25,26). The van der Waals surface area contributed by atoms with Crippen molar-refractivity contribution in [3.63, 3.8) is 0 Å². The van der Waals surface area contributed by atoms with E-state index < -0.39 is 0 Å². The molecular weight excluding hydrogens is 414 g/mol. The summed E-state index contributed by atoms with van der Waals surface area (Å²) in [6.45, 7) is 19.2. The van der Waals surface area contributed by atoms with Gasteiger partial charge in [0.15, 0.2) is 0 Å². The van der Waals surface area contributed by atoms with Gasteiger partial charge in [-0.2, -0.15) is 0 Å². The van der Waals surface area contributed by atoms with Crippen LogP contribution >= 0.6 is 17.4 Å². The molecule has 30 heavy (non-hydrogen) atoms. The summed E-state index contributed by atoms with van der Waals surface area (Å²) in [4.78, 5) is 25.0. The lowest BCUT2D eigenvalue weighted by Crippen LogP contribution is -2.49. The van der Waals surface area contributed by atoms with E-state index in [-0.39, 0.29) is 43.0 Å². The third kappa shape index (κ3) is 9.09. The predicted octanol–water partition coefficient (Wildman–Crippen LogP) is 5.54. The first kappa shape index (κ1) is 29.8. The second kappa shape index (κ2) is 14.0. The molecule has 0 aromatic rings. The van der Waals surface area contributed by atoms with E-state index >= 15 is 0 Å². The van der Waals surface area contributed by atoms with Gasteiger partial charge in [-0.3, -0.25) is 9.59 Å². The average Bonchev–Trinajstić information content (AvgIpc) is 2.63. The van der Waals surface area contributed by atoms with E-state index in [1.54, 1.807) is 0 Å². The molecule has 0 aliphatic heterocycles. The highest BCUT2D eigenvalue weighted by molar-refractivity contribution is 8.00. The zero-order valence-corrected chi connectivity index (χ0v) is 22.8. The second-order valence-electron chi connectivity index (χ2n) is 10.3. The van der Waals surface area contributed by atoms with Crippen LogP contribution in [0.1, 0.15) is 87.5 Å². The van der Waals surface area contributed by atoms with Crippen molar-refractivity contribution in [1.82, 2.24) is 5.32 Å². The summed E-state index contributed by atoms with van der Waals surface area (Å²) in [5.41, 5.74) is 5.24. The van der Waals surface area contributed by atoms with Crippen molar-refractivity contribution >= 4 is 29.3 Å². The minimum absolute atomic E-state index is 0.0956. The third-order valence-corrected chi connectivity index (χ3v) is 7.99. The summed E-state index contributed by atoms with van der Waals surface area (Å²) in [6, 6.07) is 0. The first-order valence-corrected chi connectivity index (χ1v) is 14.2.